The van der Waals surface area contributed by atoms with Gasteiger partial charge in [0.2, 0.25) is 0 Å². The second-order valence-corrected chi connectivity index (χ2v) is 6.55. The van der Waals surface area contributed by atoms with Crippen LogP contribution in [0.15, 0.2) is 36.4 Å². The van der Waals surface area contributed by atoms with Gasteiger partial charge in [-0.3, -0.25) is 0 Å². The summed E-state index contributed by atoms with van der Waals surface area (Å²) < 4.78 is 5.97. The zero-order valence-corrected chi connectivity index (χ0v) is 13.3. The molecule has 0 saturated heterocycles. The number of fused-ring (bicyclic) bond motifs is 1. The van der Waals surface area contributed by atoms with Crippen molar-refractivity contribution in [3.63, 3.8) is 0 Å². The summed E-state index contributed by atoms with van der Waals surface area (Å²) in [6.45, 7) is 7.32. The summed E-state index contributed by atoms with van der Waals surface area (Å²) in [5.41, 5.74) is 6.46. The van der Waals surface area contributed by atoms with E-state index in [1.807, 2.05) is 7.05 Å². The molecule has 2 aromatic carbocycles. The fraction of sp³-hybridized carbons (Fsp3) is 0.368. The minimum Gasteiger partial charge on any atom is -0.487 e. The lowest BCUT2D eigenvalue weighted by atomic mass is 9.94. The SMILES string of the molecule is CNCc1ccc(C)cc1-c1ccc2c(c1)CC(C)(C)O2. The first kappa shape index (κ1) is 14.2. The number of hydrogen-bond donors (Lipinski definition) is 1. The minimum absolute atomic E-state index is 0.0820. The Kier molecular flexibility index (Phi) is 3.50. The third kappa shape index (κ3) is 2.81. The van der Waals surface area contributed by atoms with Gasteiger partial charge in [0.15, 0.2) is 0 Å². The van der Waals surface area contributed by atoms with Crippen molar-refractivity contribution in [2.75, 3.05) is 7.05 Å². The van der Waals surface area contributed by atoms with E-state index in [1.165, 1.54) is 27.8 Å². The number of hydrogen-bond acceptors (Lipinski definition) is 2. The smallest absolute Gasteiger partial charge is 0.123 e. The molecule has 3 rings (SSSR count). The van der Waals surface area contributed by atoms with E-state index >= 15 is 0 Å². The van der Waals surface area contributed by atoms with Crippen LogP contribution in [0.25, 0.3) is 11.1 Å². The number of benzene rings is 2. The fourth-order valence-electron chi connectivity index (χ4n) is 3.08. The van der Waals surface area contributed by atoms with Gasteiger partial charge in [0, 0.05) is 13.0 Å². The summed E-state index contributed by atoms with van der Waals surface area (Å²) in [6, 6.07) is 13.2. The molecule has 2 aromatic rings. The summed E-state index contributed by atoms with van der Waals surface area (Å²) in [6.07, 6.45) is 0.976. The summed E-state index contributed by atoms with van der Waals surface area (Å²) in [4.78, 5) is 0. The highest BCUT2D eigenvalue weighted by molar-refractivity contribution is 5.70. The molecule has 0 saturated carbocycles. The molecule has 1 N–H and O–H groups in total. The van der Waals surface area contributed by atoms with Crippen molar-refractivity contribution in [2.24, 2.45) is 0 Å². The fourth-order valence-corrected chi connectivity index (χ4v) is 3.08. The molecule has 0 unspecified atom stereocenters. The predicted octanol–water partition coefficient (Wildman–Crippen LogP) is 4.09. The quantitative estimate of drug-likeness (QED) is 0.914. The van der Waals surface area contributed by atoms with Gasteiger partial charge in [-0.15, -0.1) is 0 Å². The average molecular weight is 281 g/mol. The normalized spacial score (nSPS) is 15.6. The number of aryl methyl sites for hydroxylation is 1. The van der Waals surface area contributed by atoms with Crippen molar-refractivity contribution in [1.82, 2.24) is 5.32 Å². The largest absolute Gasteiger partial charge is 0.487 e. The van der Waals surface area contributed by atoms with Crippen molar-refractivity contribution < 1.29 is 4.74 Å². The van der Waals surface area contributed by atoms with E-state index in [2.05, 4.69) is 62.5 Å². The van der Waals surface area contributed by atoms with Crippen molar-refractivity contribution in [3.05, 3.63) is 53.1 Å². The van der Waals surface area contributed by atoms with Gasteiger partial charge in [-0.2, -0.15) is 0 Å². The molecule has 0 radical (unpaired) electrons. The zero-order chi connectivity index (χ0) is 15.0. The Labute approximate surface area is 127 Å². The van der Waals surface area contributed by atoms with Crippen LogP contribution in [-0.4, -0.2) is 12.6 Å². The van der Waals surface area contributed by atoms with Crippen LogP contribution in [0.4, 0.5) is 0 Å². The first-order valence-corrected chi connectivity index (χ1v) is 7.55. The van der Waals surface area contributed by atoms with Crippen LogP contribution < -0.4 is 10.1 Å². The molecular formula is C19H23NO. The first-order valence-electron chi connectivity index (χ1n) is 7.55. The van der Waals surface area contributed by atoms with E-state index < -0.39 is 0 Å². The summed E-state index contributed by atoms with van der Waals surface area (Å²) >= 11 is 0. The minimum atomic E-state index is -0.0820. The molecule has 0 atom stereocenters. The molecule has 1 aliphatic heterocycles. The second kappa shape index (κ2) is 5.19. The van der Waals surface area contributed by atoms with E-state index in [0.717, 1.165) is 18.7 Å². The third-order valence-corrected chi connectivity index (χ3v) is 4.01. The lowest BCUT2D eigenvalue weighted by Crippen LogP contribution is -2.24. The zero-order valence-electron chi connectivity index (χ0n) is 13.3. The van der Waals surface area contributed by atoms with E-state index in [1.54, 1.807) is 0 Å². The lowest BCUT2D eigenvalue weighted by Gasteiger charge is -2.16. The maximum atomic E-state index is 5.97. The van der Waals surface area contributed by atoms with Gasteiger partial charge in [-0.05, 0) is 62.2 Å². The number of ether oxygens (including phenoxy) is 1. The Morgan fingerprint density at radius 2 is 1.95 bits per heavy atom. The summed E-state index contributed by atoms with van der Waals surface area (Å²) in [7, 11) is 1.99. The molecule has 1 aliphatic rings. The van der Waals surface area contributed by atoms with Crippen molar-refractivity contribution in [1.29, 1.82) is 0 Å². The molecule has 0 spiro atoms. The van der Waals surface area contributed by atoms with Crippen molar-refractivity contribution in [3.8, 4) is 16.9 Å². The van der Waals surface area contributed by atoms with Gasteiger partial charge in [0.05, 0.1) is 0 Å². The van der Waals surface area contributed by atoms with Gasteiger partial charge in [0.1, 0.15) is 11.4 Å². The topological polar surface area (TPSA) is 21.3 Å². The molecule has 0 bridgehead atoms. The summed E-state index contributed by atoms with van der Waals surface area (Å²) in [5, 5.41) is 3.25. The highest BCUT2D eigenvalue weighted by atomic mass is 16.5. The Bertz CT molecular complexity index is 673. The van der Waals surface area contributed by atoms with Crippen LogP contribution in [-0.2, 0) is 13.0 Å². The highest BCUT2D eigenvalue weighted by Crippen LogP contribution is 2.38. The first-order chi connectivity index (χ1) is 9.98. The molecule has 21 heavy (non-hydrogen) atoms. The highest BCUT2D eigenvalue weighted by Gasteiger charge is 2.30. The van der Waals surface area contributed by atoms with Crippen LogP contribution in [0.3, 0.4) is 0 Å². The van der Waals surface area contributed by atoms with E-state index in [4.69, 9.17) is 4.74 Å². The molecule has 2 heteroatoms. The molecule has 0 aliphatic carbocycles. The van der Waals surface area contributed by atoms with Crippen molar-refractivity contribution in [2.45, 2.75) is 39.3 Å². The van der Waals surface area contributed by atoms with Gasteiger partial charge in [0.25, 0.3) is 0 Å². The average Bonchev–Trinajstić information content (AvgIpc) is 2.73. The van der Waals surface area contributed by atoms with Crippen LogP contribution in [0.5, 0.6) is 5.75 Å². The monoisotopic (exact) mass is 281 g/mol. The van der Waals surface area contributed by atoms with Crippen molar-refractivity contribution >= 4 is 0 Å². The van der Waals surface area contributed by atoms with E-state index in [0.29, 0.717) is 0 Å². The molecule has 110 valence electrons. The van der Waals surface area contributed by atoms with Gasteiger partial charge < -0.3 is 10.1 Å². The maximum absolute atomic E-state index is 5.97. The van der Waals surface area contributed by atoms with Gasteiger partial charge in [-0.1, -0.05) is 29.8 Å². The molecule has 0 aromatic heterocycles. The molecule has 0 fully saturated rings. The maximum Gasteiger partial charge on any atom is 0.123 e. The van der Waals surface area contributed by atoms with Crippen LogP contribution in [0, 0.1) is 6.92 Å². The van der Waals surface area contributed by atoms with Gasteiger partial charge in [-0.25, -0.2) is 0 Å². The third-order valence-electron chi connectivity index (χ3n) is 4.01. The molecule has 2 nitrogen and oxygen atoms in total. The summed E-state index contributed by atoms with van der Waals surface area (Å²) in [5.74, 6) is 1.03. The Morgan fingerprint density at radius 1 is 1.14 bits per heavy atom. The number of nitrogens with one attached hydrogen (secondary N) is 1. The van der Waals surface area contributed by atoms with Gasteiger partial charge >= 0.3 is 0 Å². The standard InChI is InChI=1S/C19H23NO/c1-13-5-6-15(12-20-4)17(9-13)14-7-8-18-16(10-14)11-19(2,3)21-18/h5-10,20H,11-12H2,1-4H3. The lowest BCUT2D eigenvalue weighted by molar-refractivity contribution is 0.138. The number of rotatable bonds is 3. The predicted molar refractivity (Wildman–Crippen MR) is 87.8 cm³/mol. The molecule has 1 heterocycles. The Balaban J connectivity index is 2.04. The van der Waals surface area contributed by atoms with Crippen LogP contribution in [0.1, 0.15) is 30.5 Å². The Morgan fingerprint density at radius 3 is 2.71 bits per heavy atom. The van der Waals surface area contributed by atoms with Crippen LogP contribution >= 0.6 is 0 Å². The molecular weight excluding hydrogens is 258 g/mol. The van der Waals surface area contributed by atoms with E-state index in [-0.39, 0.29) is 5.60 Å². The van der Waals surface area contributed by atoms with Crippen LogP contribution in [0.2, 0.25) is 0 Å². The van der Waals surface area contributed by atoms with E-state index in [9.17, 15) is 0 Å². The Hall–Kier alpha value is -1.80. The molecule has 0 amide bonds. The second-order valence-electron chi connectivity index (χ2n) is 6.55.